The molecule has 8 aromatic carbocycles. The lowest BCUT2D eigenvalue weighted by Crippen LogP contribution is -2.20. The van der Waals surface area contributed by atoms with E-state index in [-0.39, 0.29) is 12.0 Å². The molecule has 1 aliphatic carbocycles. The van der Waals surface area contributed by atoms with Crippen molar-refractivity contribution in [3.63, 3.8) is 0 Å². The summed E-state index contributed by atoms with van der Waals surface area (Å²) in [5.74, 6) is 1.18. The largest absolute Gasteiger partial charge is 0.485 e. The summed E-state index contributed by atoms with van der Waals surface area (Å²) in [6.45, 7) is 0. The Bertz CT molecular complexity index is 2900. The van der Waals surface area contributed by atoms with Gasteiger partial charge in [0.25, 0.3) is 0 Å². The SMILES string of the molecule is C1=CC2Oc3ccccc3C2c2cc(-c3ccc(N(c4ccc(-c5ccccc5)cc4)c4cccc(-c5cccc6oc7ccccc7c56)c4)cc3)ccc21. The van der Waals surface area contributed by atoms with E-state index >= 15 is 0 Å². The Morgan fingerprint density at radius 3 is 1.93 bits per heavy atom. The van der Waals surface area contributed by atoms with Crippen molar-refractivity contribution in [1.29, 1.82) is 0 Å². The summed E-state index contributed by atoms with van der Waals surface area (Å²) < 4.78 is 12.6. The molecule has 1 aromatic heterocycles. The predicted molar refractivity (Wildman–Crippen MR) is 226 cm³/mol. The number of furan rings is 1. The van der Waals surface area contributed by atoms with Crippen LogP contribution in [0.15, 0.2) is 199 Å². The topological polar surface area (TPSA) is 25.6 Å². The second kappa shape index (κ2) is 12.8. The minimum atomic E-state index is 0.0272. The van der Waals surface area contributed by atoms with E-state index in [0.717, 1.165) is 55.9 Å². The molecule has 260 valence electrons. The second-order valence-corrected chi connectivity index (χ2v) is 14.4. The fraction of sp³-hybridized carbons (Fsp3) is 0.0385. The van der Waals surface area contributed by atoms with E-state index in [9.17, 15) is 0 Å². The third-order valence-electron chi connectivity index (χ3n) is 11.2. The van der Waals surface area contributed by atoms with Gasteiger partial charge in [0.1, 0.15) is 23.0 Å². The molecule has 9 aromatic rings. The summed E-state index contributed by atoms with van der Waals surface area (Å²) in [5.41, 5.74) is 15.9. The molecule has 2 heterocycles. The molecule has 0 amide bonds. The minimum absolute atomic E-state index is 0.0272. The summed E-state index contributed by atoms with van der Waals surface area (Å²) in [6.07, 6.45) is 4.44. The maximum absolute atomic E-state index is 6.35. The van der Waals surface area contributed by atoms with Gasteiger partial charge in [-0.3, -0.25) is 0 Å². The van der Waals surface area contributed by atoms with Crippen LogP contribution in [0.3, 0.4) is 0 Å². The number of ether oxygens (including phenoxy) is 1. The molecule has 0 N–H and O–H groups in total. The molecular formula is C52H35NO2. The standard InChI is InChI=1S/C52H35NO2/c1-2-10-34(11-3-1)35-22-27-40(28-23-35)53(42-13-8-12-39(32-42)43-16-9-19-49-51(43)44-14-4-6-17-47(44)54-49)41-29-24-36(25-30-41)38-21-20-37-26-31-50-52(46(37)33-38)45-15-5-7-18-48(45)55-50/h1-33,50,52H. The van der Waals surface area contributed by atoms with Crippen molar-refractivity contribution in [1.82, 2.24) is 0 Å². The molecule has 0 fully saturated rings. The molecule has 2 aliphatic rings. The van der Waals surface area contributed by atoms with E-state index in [4.69, 9.17) is 9.15 Å². The van der Waals surface area contributed by atoms with Gasteiger partial charge in [-0.15, -0.1) is 0 Å². The molecule has 2 atom stereocenters. The van der Waals surface area contributed by atoms with Gasteiger partial charge in [-0.1, -0.05) is 133 Å². The number of hydrogen-bond donors (Lipinski definition) is 0. The van der Waals surface area contributed by atoms with Gasteiger partial charge in [0.15, 0.2) is 0 Å². The first-order chi connectivity index (χ1) is 27.2. The molecule has 11 rings (SSSR count). The highest BCUT2D eigenvalue weighted by Gasteiger charge is 2.37. The van der Waals surface area contributed by atoms with Crippen LogP contribution in [0.2, 0.25) is 0 Å². The summed E-state index contributed by atoms with van der Waals surface area (Å²) in [7, 11) is 0. The van der Waals surface area contributed by atoms with Crippen molar-refractivity contribution >= 4 is 45.1 Å². The van der Waals surface area contributed by atoms with Crippen molar-refractivity contribution in [3.05, 3.63) is 211 Å². The highest BCUT2D eigenvalue weighted by molar-refractivity contribution is 6.12. The first kappa shape index (κ1) is 31.4. The summed E-state index contributed by atoms with van der Waals surface area (Å²) in [4.78, 5) is 2.35. The number of fused-ring (bicyclic) bond motifs is 8. The molecule has 0 saturated heterocycles. The molecular weight excluding hydrogens is 671 g/mol. The van der Waals surface area contributed by atoms with Crippen molar-refractivity contribution in [2.45, 2.75) is 12.0 Å². The fourth-order valence-electron chi connectivity index (χ4n) is 8.62. The average molecular weight is 706 g/mol. The highest BCUT2D eigenvalue weighted by atomic mass is 16.5. The van der Waals surface area contributed by atoms with Gasteiger partial charge >= 0.3 is 0 Å². The lowest BCUT2D eigenvalue weighted by Gasteiger charge is -2.27. The van der Waals surface area contributed by atoms with E-state index < -0.39 is 0 Å². The molecule has 2 unspecified atom stereocenters. The first-order valence-electron chi connectivity index (χ1n) is 18.9. The third kappa shape index (κ3) is 5.35. The maximum atomic E-state index is 6.35. The number of rotatable bonds is 6. The van der Waals surface area contributed by atoms with Gasteiger partial charge in [-0.25, -0.2) is 0 Å². The fourth-order valence-corrected chi connectivity index (χ4v) is 8.62. The molecule has 0 saturated carbocycles. The quantitative estimate of drug-likeness (QED) is 0.172. The first-order valence-corrected chi connectivity index (χ1v) is 18.9. The van der Waals surface area contributed by atoms with Crippen LogP contribution >= 0.6 is 0 Å². The second-order valence-electron chi connectivity index (χ2n) is 14.4. The van der Waals surface area contributed by atoms with Crippen LogP contribution in [0.1, 0.15) is 22.6 Å². The van der Waals surface area contributed by atoms with Gasteiger partial charge in [0.05, 0.1) is 5.92 Å². The Labute approximate surface area is 320 Å². The van der Waals surface area contributed by atoms with E-state index in [1.54, 1.807) is 0 Å². The van der Waals surface area contributed by atoms with Crippen molar-refractivity contribution in [2.75, 3.05) is 4.90 Å². The van der Waals surface area contributed by atoms with E-state index in [0.29, 0.717) is 0 Å². The number of nitrogens with zero attached hydrogens (tertiary/aromatic N) is 1. The van der Waals surface area contributed by atoms with Crippen molar-refractivity contribution < 1.29 is 9.15 Å². The number of para-hydroxylation sites is 2. The van der Waals surface area contributed by atoms with Crippen molar-refractivity contribution in [3.8, 4) is 39.1 Å². The van der Waals surface area contributed by atoms with Crippen LogP contribution in [0, 0.1) is 0 Å². The van der Waals surface area contributed by atoms with E-state index in [2.05, 4.69) is 193 Å². The Morgan fingerprint density at radius 2 is 1.09 bits per heavy atom. The van der Waals surface area contributed by atoms with Crippen LogP contribution in [-0.4, -0.2) is 6.10 Å². The number of benzene rings is 8. The smallest absolute Gasteiger partial charge is 0.136 e. The normalized spacial score (nSPS) is 15.3. The summed E-state index contributed by atoms with van der Waals surface area (Å²) >= 11 is 0. The van der Waals surface area contributed by atoms with Crippen LogP contribution in [-0.2, 0) is 0 Å². The van der Waals surface area contributed by atoms with Crippen molar-refractivity contribution in [2.24, 2.45) is 0 Å². The van der Waals surface area contributed by atoms with Gasteiger partial charge in [0.2, 0.25) is 0 Å². The van der Waals surface area contributed by atoms with Crippen LogP contribution in [0.5, 0.6) is 5.75 Å². The number of anilines is 3. The van der Waals surface area contributed by atoms with E-state index in [1.165, 1.54) is 38.9 Å². The monoisotopic (exact) mass is 705 g/mol. The third-order valence-corrected chi connectivity index (χ3v) is 11.2. The summed E-state index contributed by atoms with van der Waals surface area (Å²) in [6, 6.07) is 67.2. The van der Waals surface area contributed by atoms with Gasteiger partial charge in [-0.05, 0) is 111 Å². The zero-order valence-electron chi connectivity index (χ0n) is 30.0. The lowest BCUT2D eigenvalue weighted by molar-refractivity contribution is 0.267. The molecule has 55 heavy (non-hydrogen) atoms. The van der Waals surface area contributed by atoms with Gasteiger partial charge in [0, 0.05) is 33.4 Å². The zero-order chi connectivity index (χ0) is 36.3. The average Bonchev–Trinajstić information content (AvgIpc) is 3.84. The molecule has 3 nitrogen and oxygen atoms in total. The van der Waals surface area contributed by atoms with Gasteiger partial charge in [-0.2, -0.15) is 0 Å². The maximum Gasteiger partial charge on any atom is 0.136 e. The zero-order valence-corrected chi connectivity index (χ0v) is 30.0. The highest BCUT2D eigenvalue weighted by Crippen LogP contribution is 2.47. The molecule has 0 spiro atoms. The number of hydrogen-bond acceptors (Lipinski definition) is 3. The molecule has 3 heteroatoms. The lowest BCUT2D eigenvalue weighted by atomic mass is 9.80. The Morgan fingerprint density at radius 1 is 0.436 bits per heavy atom. The Hall–Kier alpha value is -7.10. The van der Waals surface area contributed by atoms with Crippen LogP contribution in [0.4, 0.5) is 17.1 Å². The van der Waals surface area contributed by atoms with Crippen LogP contribution in [0.25, 0.3) is 61.4 Å². The Balaban J connectivity index is 0.999. The van der Waals surface area contributed by atoms with E-state index in [1.807, 2.05) is 12.1 Å². The molecule has 0 bridgehead atoms. The Kier molecular flexibility index (Phi) is 7.31. The predicted octanol–water partition coefficient (Wildman–Crippen LogP) is 14.0. The minimum Gasteiger partial charge on any atom is -0.485 e. The van der Waals surface area contributed by atoms with Gasteiger partial charge < -0.3 is 14.1 Å². The molecule has 0 radical (unpaired) electrons. The van der Waals surface area contributed by atoms with Crippen LogP contribution < -0.4 is 9.64 Å². The summed E-state index contributed by atoms with van der Waals surface area (Å²) in [5, 5.41) is 2.26. The molecule has 1 aliphatic heterocycles.